The summed E-state index contributed by atoms with van der Waals surface area (Å²) in [6, 6.07) is 7.44. The molecule has 1 heterocycles. The van der Waals surface area contributed by atoms with Crippen molar-refractivity contribution in [3.05, 3.63) is 24.3 Å². The largest absolute Gasteiger partial charge is 0.508 e. The minimum Gasteiger partial charge on any atom is -0.508 e. The molecule has 3 nitrogen and oxygen atoms in total. The Hall–Kier alpha value is -0.710. The van der Waals surface area contributed by atoms with Gasteiger partial charge in [-0.3, -0.25) is 4.90 Å². The van der Waals surface area contributed by atoms with Crippen LogP contribution in [0.2, 0.25) is 0 Å². The number of benzene rings is 1. The maximum atomic E-state index is 9.19. The SMILES string of the molecule is Oc1ccc(SCCCCN2CCOCC2)cc1. The van der Waals surface area contributed by atoms with Crippen LogP contribution < -0.4 is 0 Å². The van der Waals surface area contributed by atoms with E-state index >= 15 is 0 Å². The third-order valence-electron chi connectivity index (χ3n) is 3.08. The molecule has 0 unspecified atom stereocenters. The van der Waals surface area contributed by atoms with Crippen molar-refractivity contribution in [2.75, 3.05) is 38.6 Å². The summed E-state index contributed by atoms with van der Waals surface area (Å²) in [6.07, 6.45) is 2.49. The standard InChI is InChI=1S/C14H21NO2S/c16-13-3-5-14(6-4-13)18-12-2-1-7-15-8-10-17-11-9-15/h3-6,16H,1-2,7-12H2. The fourth-order valence-electron chi connectivity index (χ4n) is 1.99. The van der Waals surface area contributed by atoms with E-state index in [2.05, 4.69) is 4.90 Å². The molecule has 0 spiro atoms. The first-order valence-electron chi connectivity index (χ1n) is 6.56. The Morgan fingerprint density at radius 3 is 2.56 bits per heavy atom. The molecule has 1 aromatic rings. The van der Waals surface area contributed by atoms with E-state index < -0.39 is 0 Å². The molecule has 1 aliphatic rings. The Morgan fingerprint density at radius 1 is 1.11 bits per heavy atom. The zero-order valence-electron chi connectivity index (χ0n) is 10.7. The molecule has 0 amide bonds. The molecule has 0 bridgehead atoms. The summed E-state index contributed by atoms with van der Waals surface area (Å²) in [6.45, 7) is 5.15. The molecular weight excluding hydrogens is 246 g/mol. The van der Waals surface area contributed by atoms with Gasteiger partial charge in [-0.2, -0.15) is 0 Å². The summed E-state index contributed by atoms with van der Waals surface area (Å²) < 4.78 is 5.33. The van der Waals surface area contributed by atoms with Crippen molar-refractivity contribution in [1.29, 1.82) is 0 Å². The summed E-state index contributed by atoms with van der Waals surface area (Å²) in [7, 11) is 0. The lowest BCUT2D eigenvalue weighted by Gasteiger charge is -2.26. The number of unbranched alkanes of at least 4 members (excludes halogenated alkanes) is 1. The molecule has 0 atom stereocenters. The molecule has 2 rings (SSSR count). The maximum absolute atomic E-state index is 9.19. The normalized spacial score (nSPS) is 16.9. The van der Waals surface area contributed by atoms with Crippen LogP contribution in [0, 0.1) is 0 Å². The molecule has 0 aliphatic carbocycles. The van der Waals surface area contributed by atoms with E-state index in [1.54, 1.807) is 12.1 Å². The van der Waals surface area contributed by atoms with Crippen molar-refractivity contribution in [2.24, 2.45) is 0 Å². The average Bonchev–Trinajstić information content (AvgIpc) is 2.42. The van der Waals surface area contributed by atoms with Gasteiger partial charge in [0.1, 0.15) is 5.75 Å². The number of hydrogen-bond acceptors (Lipinski definition) is 4. The van der Waals surface area contributed by atoms with Crippen LogP contribution in [-0.2, 0) is 4.74 Å². The third kappa shape index (κ3) is 4.88. The van der Waals surface area contributed by atoms with Gasteiger partial charge in [-0.05, 0) is 49.4 Å². The fourth-order valence-corrected chi connectivity index (χ4v) is 2.91. The first kappa shape index (κ1) is 13.7. The number of thioether (sulfide) groups is 1. The van der Waals surface area contributed by atoms with Gasteiger partial charge in [0.05, 0.1) is 13.2 Å². The highest BCUT2D eigenvalue weighted by atomic mass is 32.2. The monoisotopic (exact) mass is 267 g/mol. The number of phenolic OH excluding ortho intramolecular Hbond substituents is 1. The highest BCUT2D eigenvalue weighted by molar-refractivity contribution is 7.99. The van der Waals surface area contributed by atoms with Crippen molar-refractivity contribution in [1.82, 2.24) is 4.90 Å². The van der Waals surface area contributed by atoms with Crippen LogP contribution in [-0.4, -0.2) is 48.6 Å². The van der Waals surface area contributed by atoms with Gasteiger partial charge in [0, 0.05) is 18.0 Å². The lowest BCUT2D eigenvalue weighted by Crippen LogP contribution is -2.36. The fraction of sp³-hybridized carbons (Fsp3) is 0.571. The van der Waals surface area contributed by atoms with Crippen molar-refractivity contribution in [2.45, 2.75) is 17.7 Å². The Kier molecular flexibility index (Phi) is 5.84. The number of aromatic hydroxyl groups is 1. The number of hydrogen-bond donors (Lipinski definition) is 1. The Morgan fingerprint density at radius 2 is 1.83 bits per heavy atom. The summed E-state index contributed by atoms with van der Waals surface area (Å²) in [4.78, 5) is 3.72. The number of morpholine rings is 1. The summed E-state index contributed by atoms with van der Waals surface area (Å²) in [5.41, 5.74) is 0. The molecule has 1 fully saturated rings. The quantitative estimate of drug-likeness (QED) is 0.634. The minimum atomic E-state index is 0.340. The van der Waals surface area contributed by atoms with Crippen LogP contribution >= 0.6 is 11.8 Å². The maximum Gasteiger partial charge on any atom is 0.115 e. The van der Waals surface area contributed by atoms with Crippen LogP contribution in [0.5, 0.6) is 5.75 Å². The first-order valence-corrected chi connectivity index (χ1v) is 7.55. The van der Waals surface area contributed by atoms with Crippen LogP contribution in [0.15, 0.2) is 29.2 Å². The van der Waals surface area contributed by atoms with Gasteiger partial charge in [-0.1, -0.05) is 0 Å². The summed E-state index contributed by atoms with van der Waals surface area (Å²) in [5.74, 6) is 1.49. The van der Waals surface area contributed by atoms with E-state index in [0.29, 0.717) is 5.75 Å². The van der Waals surface area contributed by atoms with E-state index in [0.717, 1.165) is 32.1 Å². The van der Waals surface area contributed by atoms with Crippen molar-refractivity contribution in [3.8, 4) is 5.75 Å². The number of nitrogens with zero attached hydrogens (tertiary/aromatic N) is 1. The third-order valence-corrected chi connectivity index (χ3v) is 4.18. The van der Waals surface area contributed by atoms with Crippen molar-refractivity contribution in [3.63, 3.8) is 0 Å². The van der Waals surface area contributed by atoms with Gasteiger partial charge in [0.15, 0.2) is 0 Å². The van der Waals surface area contributed by atoms with Crippen LogP contribution in [0.4, 0.5) is 0 Å². The topological polar surface area (TPSA) is 32.7 Å². The molecule has 1 aromatic carbocycles. The lowest BCUT2D eigenvalue weighted by atomic mass is 10.3. The number of phenols is 1. The molecule has 1 aliphatic heterocycles. The van der Waals surface area contributed by atoms with Crippen LogP contribution in [0.1, 0.15) is 12.8 Å². The minimum absolute atomic E-state index is 0.340. The molecular formula is C14H21NO2S. The number of ether oxygens (including phenoxy) is 1. The average molecular weight is 267 g/mol. The Bertz CT molecular complexity index is 336. The predicted molar refractivity (Wildman–Crippen MR) is 75.3 cm³/mol. The van der Waals surface area contributed by atoms with E-state index in [9.17, 15) is 5.11 Å². The molecule has 0 aromatic heterocycles. The zero-order valence-corrected chi connectivity index (χ0v) is 11.5. The van der Waals surface area contributed by atoms with Gasteiger partial charge in [0.25, 0.3) is 0 Å². The van der Waals surface area contributed by atoms with Crippen molar-refractivity contribution >= 4 is 11.8 Å². The molecule has 100 valence electrons. The number of rotatable bonds is 6. The second-order valence-electron chi connectivity index (χ2n) is 4.50. The van der Waals surface area contributed by atoms with Gasteiger partial charge >= 0.3 is 0 Å². The van der Waals surface area contributed by atoms with E-state index in [1.165, 1.54) is 24.3 Å². The van der Waals surface area contributed by atoms with E-state index in [1.807, 2.05) is 23.9 Å². The van der Waals surface area contributed by atoms with Crippen LogP contribution in [0.25, 0.3) is 0 Å². The lowest BCUT2D eigenvalue weighted by molar-refractivity contribution is 0.0374. The highest BCUT2D eigenvalue weighted by Gasteiger charge is 2.08. The predicted octanol–water partition coefficient (Wildman–Crippen LogP) is 2.60. The van der Waals surface area contributed by atoms with Crippen LogP contribution in [0.3, 0.4) is 0 Å². The summed E-state index contributed by atoms with van der Waals surface area (Å²) in [5, 5.41) is 9.19. The second-order valence-corrected chi connectivity index (χ2v) is 5.67. The molecule has 0 saturated carbocycles. The molecule has 0 radical (unpaired) electrons. The molecule has 1 saturated heterocycles. The molecule has 4 heteroatoms. The smallest absolute Gasteiger partial charge is 0.115 e. The second kappa shape index (κ2) is 7.67. The van der Waals surface area contributed by atoms with E-state index in [4.69, 9.17) is 4.74 Å². The van der Waals surface area contributed by atoms with Gasteiger partial charge in [-0.25, -0.2) is 0 Å². The Labute approximate surface area is 113 Å². The van der Waals surface area contributed by atoms with Gasteiger partial charge in [-0.15, -0.1) is 11.8 Å². The first-order chi connectivity index (χ1) is 8.84. The molecule has 18 heavy (non-hydrogen) atoms. The zero-order chi connectivity index (χ0) is 12.6. The highest BCUT2D eigenvalue weighted by Crippen LogP contribution is 2.21. The summed E-state index contributed by atoms with van der Waals surface area (Å²) >= 11 is 1.86. The van der Waals surface area contributed by atoms with Gasteiger partial charge < -0.3 is 9.84 Å². The van der Waals surface area contributed by atoms with E-state index in [-0.39, 0.29) is 0 Å². The molecule has 1 N–H and O–H groups in total. The van der Waals surface area contributed by atoms with Crippen molar-refractivity contribution < 1.29 is 9.84 Å². The van der Waals surface area contributed by atoms with Gasteiger partial charge in [0.2, 0.25) is 0 Å². The Balaban J connectivity index is 1.54.